The first-order valence-electron chi connectivity index (χ1n) is 7.64. The van der Waals surface area contributed by atoms with E-state index >= 15 is 0 Å². The number of fused-ring (bicyclic) bond motifs is 1. The van der Waals surface area contributed by atoms with Crippen molar-refractivity contribution in [1.82, 2.24) is 14.9 Å². The monoisotopic (exact) mass is 321 g/mol. The van der Waals surface area contributed by atoms with E-state index in [1.54, 1.807) is 0 Å². The number of hydrogen-bond donors (Lipinski definition) is 0. The minimum atomic E-state index is -1.16. The van der Waals surface area contributed by atoms with Gasteiger partial charge >= 0.3 is 0 Å². The largest absolute Gasteiger partial charge is 0.294 e. The van der Waals surface area contributed by atoms with Crippen molar-refractivity contribution < 1.29 is 13.2 Å². The Bertz CT molecular complexity index is 731. The predicted molar refractivity (Wildman–Crippen MR) is 80.3 cm³/mol. The number of nitrogens with zero attached hydrogens (tertiary/aromatic N) is 3. The molecule has 0 spiro atoms. The molecule has 0 N–H and O–H groups in total. The summed E-state index contributed by atoms with van der Waals surface area (Å²) in [5.74, 6) is -1.81. The van der Waals surface area contributed by atoms with Crippen LogP contribution < -0.4 is 0 Å². The van der Waals surface area contributed by atoms with Gasteiger partial charge in [0.05, 0.1) is 0 Å². The highest BCUT2D eigenvalue weighted by molar-refractivity contribution is 5.23. The lowest BCUT2D eigenvalue weighted by Gasteiger charge is -2.28. The number of rotatable bonds is 3. The number of aromatic nitrogens is 2. The summed E-state index contributed by atoms with van der Waals surface area (Å²) in [6.45, 7) is 5.59. The molecule has 122 valence electrons. The highest BCUT2D eigenvalue weighted by Crippen LogP contribution is 2.22. The number of hydrogen-bond acceptors (Lipinski definition) is 3. The highest BCUT2D eigenvalue weighted by Gasteiger charge is 2.21. The van der Waals surface area contributed by atoms with Crippen molar-refractivity contribution >= 4 is 0 Å². The molecule has 2 aromatic rings. The topological polar surface area (TPSA) is 29.0 Å². The van der Waals surface area contributed by atoms with Crippen LogP contribution in [-0.2, 0) is 19.5 Å². The summed E-state index contributed by atoms with van der Waals surface area (Å²) in [5, 5.41) is 0. The zero-order chi connectivity index (χ0) is 16.6. The lowest BCUT2D eigenvalue weighted by Crippen LogP contribution is -2.31. The normalized spacial score (nSPS) is 15.0. The van der Waals surface area contributed by atoms with Crippen LogP contribution in [0.2, 0.25) is 0 Å². The van der Waals surface area contributed by atoms with Gasteiger partial charge in [-0.1, -0.05) is 13.8 Å². The SMILES string of the molecule is CC(C)c1ncc2c(n1)CCN(Cc1cc(F)c(F)cc1F)C2. The molecule has 1 aliphatic rings. The highest BCUT2D eigenvalue weighted by atomic mass is 19.2. The van der Waals surface area contributed by atoms with Crippen LogP contribution >= 0.6 is 0 Å². The van der Waals surface area contributed by atoms with Crippen LogP contribution in [0.1, 0.15) is 42.4 Å². The Morgan fingerprint density at radius 1 is 1.13 bits per heavy atom. The molecule has 0 amide bonds. The molecular weight excluding hydrogens is 303 g/mol. The predicted octanol–water partition coefficient (Wildman–Crippen LogP) is 3.58. The minimum absolute atomic E-state index is 0.159. The molecule has 1 aliphatic heterocycles. The Morgan fingerprint density at radius 2 is 1.87 bits per heavy atom. The molecule has 0 saturated carbocycles. The summed E-state index contributed by atoms with van der Waals surface area (Å²) in [6, 6.07) is 1.53. The van der Waals surface area contributed by atoms with Crippen molar-refractivity contribution in [3.8, 4) is 0 Å². The Kier molecular flexibility index (Phi) is 4.35. The van der Waals surface area contributed by atoms with E-state index in [4.69, 9.17) is 0 Å². The third-order valence-corrected chi connectivity index (χ3v) is 4.03. The van der Waals surface area contributed by atoms with Crippen LogP contribution in [0.3, 0.4) is 0 Å². The van der Waals surface area contributed by atoms with Crippen LogP contribution in [0.25, 0.3) is 0 Å². The van der Waals surface area contributed by atoms with E-state index in [-0.39, 0.29) is 18.0 Å². The molecule has 0 unspecified atom stereocenters. The lowest BCUT2D eigenvalue weighted by molar-refractivity contribution is 0.238. The second-order valence-electron chi connectivity index (χ2n) is 6.17. The molecule has 1 aromatic carbocycles. The van der Waals surface area contributed by atoms with Gasteiger partial charge in [0, 0.05) is 61.1 Å². The Morgan fingerprint density at radius 3 is 2.61 bits per heavy atom. The fourth-order valence-electron chi connectivity index (χ4n) is 2.73. The fourth-order valence-corrected chi connectivity index (χ4v) is 2.73. The number of halogens is 3. The zero-order valence-corrected chi connectivity index (χ0v) is 13.1. The van der Waals surface area contributed by atoms with Gasteiger partial charge in [-0.25, -0.2) is 23.1 Å². The summed E-state index contributed by atoms with van der Waals surface area (Å²) in [7, 11) is 0. The molecular formula is C17H18F3N3. The van der Waals surface area contributed by atoms with E-state index in [0.29, 0.717) is 19.2 Å². The summed E-state index contributed by atoms with van der Waals surface area (Å²) in [6.07, 6.45) is 2.55. The van der Waals surface area contributed by atoms with Crippen LogP contribution in [-0.4, -0.2) is 21.4 Å². The van der Waals surface area contributed by atoms with E-state index in [0.717, 1.165) is 29.6 Å². The molecule has 0 aliphatic carbocycles. The van der Waals surface area contributed by atoms with Gasteiger partial charge in [-0.3, -0.25) is 4.90 Å². The quantitative estimate of drug-likeness (QED) is 0.809. The summed E-state index contributed by atoms with van der Waals surface area (Å²) >= 11 is 0. The van der Waals surface area contributed by atoms with Gasteiger partial charge in [-0.15, -0.1) is 0 Å². The van der Waals surface area contributed by atoms with Gasteiger partial charge in [0.1, 0.15) is 11.6 Å². The van der Waals surface area contributed by atoms with Crippen molar-refractivity contribution in [2.24, 2.45) is 0 Å². The van der Waals surface area contributed by atoms with E-state index in [9.17, 15) is 13.2 Å². The first-order chi connectivity index (χ1) is 10.9. The summed E-state index contributed by atoms with van der Waals surface area (Å²) < 4.78 is 40.1. The molecule has 0 bridgehead atoms. The van der Waals surface area contributed by atoms with Crippen LogP contribution in [0.15, 0.2) is 18.3 Å². The molecule has 0 fully saturated rings. The van der Waals surface area contributed by atoms with Crippen molar-refractivity contribution in [2.75, 3.05) is 6.54 Å². The van der Waals surface area contributed by atoms with Crippen molar-refractivity contribution in [3.63, 3.8) is 0 Å². The lowest BCUT2D eigenvalue weighted by atomic mass is 10.1. The number of benzene rings is 1. The Balaban J connectivity index is 1.76. The van der Waals surface area contributed by atoms with E-state index < -0.39 is 17.5 Å². The van der Waals surface area contributed by atoms with Gasteiger partial charge in [0.25, 0.3) is 0 Å². The van der Waals surface area contributed by atoms with Crippen molar-refractivity contribution in [1.29, 1.82) is 0 Å². The first-order valence-corrected chi connectivity index (χ1v) is 7.64. The smallest absolute Gasteiger partial charge is 0.161 e. The Hall–Kier alpha value is -1.95. The maximum absolute atomic E-state index is 13.8. The second kappa shape index (κ2) is 6.28. The third kappa shape index (κ3) is 3.37. The van der Waals surface area contributed by atoms with E-state index in [2.05, 4.69) is 9.97 Å². The zero-order valence-electron chi connectivity index (χ0n) is 13.1. The summed E-state index contributed by atoms with van der Waals surface area (Å²) in [5.41, 5.74) is 2.18. The van der Waals surface area contributed by atoms with Crippen molar-refractivity contribution in [3.05, 3.63) is 58.4 Å². The van der Waals surface area contributed by atoms with Crippen LogP contribution in [0.4, 0.5) is 13.2 Å². The van der Waals surface area contributed by atoms with Gasteiger partial charge in [-0.05, 0) is 6.07 Å². The Labute approximate surface area is 133 Å². The summed E-state index contributed by atoms with van der Waals surface area (Å²) in [4.78, 5) is 10.9. The van der Waals surface area contributed by atoms with Crippen molar-refractivity contribution in [2.45, 2.75) is 39.3 Å². The van der Waals surface area contributed by atoms with E-state index in [1.165, 1.54) is 0 Å². The van der Waals surface area contributed by atoms with Gasteiger partial charge in [0.15, 0.2) is 11.6 Å². The molecule has 1 aromatic heterocycles. The standard InChI is InChI=1S/C17H18F3N3/c1-10(2)17-21-7-12-9-23(4-3-16(12)22-17)8-11-5-14(19)15(20)6-13(11)18/h5-7,10H,3-4,8-9H2,1-2H3. The third-order valence-electron chi connectivity index (χ3n) is 4.03. The average Bonchev–Trinajstić information content (AvgIpc) is 2.52. The molecule has 6 heteroatoms. The molecule has 2 heterocycles. The van der Waals surface area contributed by atoms with E-state index in [1.807, 2.05) is 24.9 Å². The molecule has 0 atom stereocenters. The van der Waals surface area contributed by atoms with Crippen LogP contribution in [0, 0.1) is 17.5 Å². The van der Waals surface area contributed by atoms with Gasteiger partial charge in [-0.2, -0.15) is 0 Å². The second-order valence-corrected chi connectivity index (χ2v) is 6.17. The molecule has 3 nitrogen and oxygen atoms in total. The molecule has 0 saturated heterocycles. The fraction of sp³-hybridized carbons (Fsp3) is 0.412. The van der Waals surface area contributed by atoms with Gasteiger partial charge < -0.3 is 0 Å². The minimum Gasteiger partial charge on any atom is -0.294 e. The maximum Gasteiger partial charge on any atom is 0.161 e. The molecule has 0 radical (unpaired) electrons. The van der Waals surface area contributed by atoms with Crippen LogP contribution in [0.5, 0.6) is 0 Å². The molecule has 23 heavy (non-hydrogen) atoms. The molecule has 3 rings (SSSR count). The van der Waals surface area contributed by atoms with Gasteiger partial charge in [0.2, 0.25) is 0 Å². The first kappa shape index (κ1) is 15.9. The maximum atomic E-state index is 13.8. The average molecular weight is 321 g/mol.